The molecule has 0 atom stereocenters. The van der Waals surface area contributed by atoms with Crippen molar-refractivity contribution in [3.8, 4) is 11.4 Å². The number of nitrogens with zero attached hydrogens (tertiary/aromatic N) is 1. The average molecular weight is 213 g/mol. The second-order valence-electron chi connectivity index (χ2n) is 3.92. The average Bonchev–Trinajstić information content (AvgIpc) is 2.79. The van der Waals surface area contributed by atoms with E-state index in [9.17, 15) is 0 Å². The van der Waals surface area contributed by atoms with Crippen LogP contribution in [0, 0.1) is 6.92 Å². The third-order valence-corrected chi connectivity index (χ3v) is 2.61. The standard InChI is InChI=1S/C14H17N2/c1-2-3-5-10-13-11-15-14(16-13)12-8-6-4-7-9-12/h4,6-9,11H,1-3,5,10H2,(H,15,16). The van der Waals surface area contributed by atoms with Gasteiger partial charge >= 0.3 is 0 Å². The summed E-state index contributed by atoms with van der Waals surface area (Å²) in [4.78, 5) is 7.80. The predicted octanol–water partition coefficient (Wildman–Crippen LogP) is 3.62. The molecule has 0 fully saturated rings. The van der Waals surface area contributed by atoms with Crippen molar-refractivity contribution in [3.63, 3.8) is 0 Å². The highest BCUT2D eigenvalue weighted by Gasteiger charge is 2.02. The molecule has 0 aliphatic heterocycles. The molecule has 16 heavy (non-hydrogen) atoms. The van der Waals surface area contributed by atoms with Gasteiger partial charge in [0.05, 0.1) is 5.69 Å². The summed E-state index contributed by atoms with van der Waals surface area (Å²) in [5.41, 5.74) is 2.29. The van der Waals surface area contributed by atoms with Gasteiger partial charge in [0.15, 0.2) is 0 Å². The first kappa shape index (κ1) is 10.9. The number of nitrogens with one attached hydrogen (secondary N) is 1. The van der Waals surface area contributed by atoms with Crippen LogP contribution in [-0.4, -0.2) is 9.97 Å². The molecular weight excluding hydrogens is 196 g/mol. The minimum atomic E-state index is 0.963. The Bertz CT molecular complexity index is 417. The molecule has 0 spiro atoms. The second-order valence-corrected chi connectivity index (χ2v) is 3.92. The van der Waals surface area contributed by atoms with E-state index in [2.05, 4.69) is 29.0 Å². The molecule has 1 N–H and O–H groups in total. The first-order chi connectivity index (χ1) is 7.90. The number of hydrogen-bond donors (Lipinski definition) is 1. The van der Waals surface area contributed by atoms with E-state index in [4.69, 9.17) is 0 Å². The highest BCUT2D eigenvalue weighted by Crippen LogP contribution is 2.15. The van der Waals surface area contributed by atoms with E-state index in [0.29, 0.717) is 0 Å². The third-order valence-electron chi connectivity index (χ3n) is 2.61. The summed E-state index contributed by atoms with van der Waals surface area (Å²) in [5, 5.41) is 0. The van der Waals surface area contributed by atoms with E-state index < -0.39 is 0 Å². The predicted molar refractivity (Wildman–Crippen MR) is 66.9 cm³/mol. The van der Waals surface area contributed by atoms with Gasteiger partial charge in [-0.2, -0.15) is 0 Å². The van der Waals surface area contributed by atoms with Crippen LogP contribution >= 0.6 is 0 Å². The van der Waals surface area contributed by atoms with Crippen LogP contribution in [0.1, 0.15) is 25.0 Å². The van der Waals surface area contributed by atoms with Gasteiger partial charge in [0.25, 0.3) is 0 Å². The quantitative estimate of drug-likeness (QED) is 0.755. The Hall–Kier alpha value is -1.57. The van der Waals surface area contributed by atoms with Crippen LogP contribution in [0.5, 0.6) is 0 Å². The van der Waals surface area contributed by atoms with Crippen molar-refractivity contribution >= 4 is 0 Å². The number of aryl methyl sites for hydroxylation is 1. The van der Waals surface area contributed by atoms with Crippen molar-refractivity contribution in [2.24, 2.45) is 0 Å². The lowest BCUT2D eigenvalue weighted by Gasteiger charge is -1.95. The highest BCUT2D eigenvalue weighted by atomic mass is 14.9. The first-order valence-electron chi connectivity index (χ1n) is 5.79. The van der Waals surface area contributed by atoms with Crippen LogP contribution < -0.4 is 0 Å². The van der Waals surface area contributed by atoms with E-state index in [-0.39, 0.29) is 0 Å². The molecule has 1 aromatic heterocycles. The van der Waals surface area contributed by atoms with Gasteiger partial charge in [0.2, 0.25) is 0 Å². The van der Waals surface area contributed by atoms with Crippen LogP contribution in [0.3, 0.4) is 0 Å². The lowest BCUT2D eigenvalue weighted by Crippen LogP contribution is -1.85. The lowest BCUT2D eigenvalue weighted by atomic mass is 10.2. The van der Waals surface area contributed by atoms with Crippen molar-refractivity contribution in [2.45, 2.75) is 25.7 Å². The van der Waals surface area contributed by atoms with E-state index in [0.717, 1.165) is 29.9 Å². The highest BCUT2D eigenvalue weighted by molar-refractivity contribution is 5.54. The fraction of sp³-hybridized carbons (Fsp3) is 0.286. The number of rotatable bonds is 5. The number of unbranched alkanes of at least 4 members (excludes halogenated alkanes) is 2. The van der Waals surface area contributed by atoms with E-state index in [1.54, 1.807) is 0 Å². The Kier molecular flexibility index (Phi) is 3.76. The van der Waals surface area contributed by atoms with Crippen molar-refractivity contribution in [1.29, 1.82) is 0 Å². The van der Waals surface area contributed by atoms with Gasteiger partial charge in [0, 0.05) is 11.8 Å². The Morgan fingerprint density at radius 2 is 1.94 bits per heavy atom. The number of hydrogen-bond acceptors (Lipinski definition) is 1. The summed E-state index contributed by atoms with van der Waals surface area (Å²) in [6, 6.07) is 10.2. The van der Waals surface area contributed by atoms with E-state index >= 15 is 0 Å². The summed E-state index contributed by atoms with van der Waals surface area (Å²) in [6.45, 7) is 3.84. The van der Waals surface area contributed by atoms with Gasteiger partial charge in [-0.1, -0.05) is 50.1 Å². The van der Waals surface area contributed by atoms with Crippen molar-refractivity contribution in [1.82, 2.24) is 9.97 Å². The zero-order chi connectivity index (χ0) is 11.2. The molecule has 0 saturated carbocycles. The molecular formula is C14H17N2. The topological polar surface area (TPSA) is 28.7 Å². The van der Waals surface area contributed by atoms with Crippen LogP contribution in [0.2, 0.25) is 0 Å². The van der Waals surface area contributed by atoms with Gasteiger partial charge in [-0.25, -0.2) is 4.98 Å². The Morgan fingerprint density at radius 1 is 1.12 bits per heavy atom. The van der Waals surface area contributed by atoms with Crippen molar-refractivity contribution in [3.05, 3.63) is 49.1 Å². The maximum absolute atomic E-state index is 4.58. The minimum Gasteiger partial charge on any atom is -0.344 e. The molecule has 0 aliphatic rings. The molecule has 1 heterocycles. The maximum atomic E-state index is 4.58. The second kappa shape index (κ2) is 5.50. The molecule has 0 amide bonds. The zero-order valence-corrected chi connectivity index (χ0v) is 9.45. The molecule has 0 unspecified atom stereocenters. The van der Waals surface area contributed by atoms with Gasteiger partial charge in [-0.15, -0.1) is 0 Å². The maximum Gasteiger partial charge on any atom is 0.137 e. The molecule has 2 aromatic rings. The van der Waals surface area contributed by atoms with E-state index in [1.165, 1.54) is 12.8 Å². The number of aromatic amines is 1. The molecule has 2 heteroatoms. The summed E-state index contributed by atoms with van der Waals surface area (Å²) < 4.78 is 0. The molecule has 1 radical (unpaired) electrons. The summed E-state index contributed by atoms with van der Waals surface area (Å²) in [5.74, 6) is 0.963. The minimum absolute atomic E-state index is 0.963. The fourth-order valence-electron chi connectivity index (χ4n) is 1.71. The van der Waals surface area contributed by atoms with Gasteiger partial charge in [-0.05, 0) is 12.8 Å². The van der Waals surface area contributed by atoms with Crippen molar-refractivity contribution < 1.29 is 0 Å². The summed E-state index contributed by atoms with van der Waals surface area (Å²) in [6.07, 6.45) is 6.40. The number of H-pyrrole nitrogens is 1. The summed E-state index contributed by atoms with van der Waals surface area (Å²) in [7, 11) is 0. The van der Waals surface area contributed by atoms with Crippen LogP contribution in [0.4, 0.5) is 0 Å². The molecule has 2 rings (SSSR count). The van der Waals surface area contributed by atoms with Gasteiger partial charge in [-0.3, -0.25) is 0 Å². The van der Waals surface area contributed by atoms with Crippen LogP contribution in [0.15, 0.2) is 36.5 Å². The number of imidazole rings is 1. The molecule has 2 nitrogen and oxygen atoms in total. The van der Waals surface area contributed by atoms with Crippen molar-refractivity contribution in [2.75, 3.05) is 0 Å². The SMILES string of the molecule is [CH2]CCCCc1c[nH]c(-c2ccccc2)n1. The van der Waals surface area contributed by atoms with Gasteiger partial charge in [0.1, 0.15) is 5.82 Å². The normalized spacial score (nSPS) is 10.6. The van der Waals surface area contributed by atoms with E-state index in [1.807, 2.05) is 24.4 Å². The van der Waals surface area contributed by atoms with Crippen LogP contribution in [0.25, 0.3) is 11.4 Å². The Labute approximate surface area is 96.7 Å². The molecule has 0 bridgehead atoms. The fourth-order valence-corrected chi connectivity index (χ4v) is 1.71. The number of benzene rings is 1. The third kappa shape index (κ3) is 2.72. The molecule has 83 valence electrons. The number of aromatic nitrogens is 2. The first-order valence-corrected chi connectivity index (χ1v) is 5.79. The Morgan fingerprint density at radius 3 is 2.69 bits per heavy atom. The zero-order valence-electron chi connectivity index (χ0n) is 9.45. The largest absolute Gasteiger partial charge is 0.344 e. The van der Waals surface area contributed by atoms with Gasteiger partial charge < -0.3 is 4.98 Å². The van der Waals surface area contributed by atoms with Crippen LogP contribution in [-0.2, 0) is 6.42 Å². The lowest BCUT2D eigenvalue weighted by molar-refractivity contribution is 0.736. The smallest absolute Gasteiger partial charge is 0.137 e. The molecule has 1 aromatic carbocycles. The molecule has 0 aliphatic carbocycles. The Balaban J connectivity index is 2.02. The summed E-state index contributed by atoms with van der Waals surface area (Å²) >= 11 is 0. The molecule has 0 saturated heterocycles. The monoisotopic (exact) mass is 213 g/mol.